The quantitative estimate of drug-likeness (QED) is 0.177. The summed E-state index contributed by atoms with van der Waals surface area (Å²) in [6.07, 6.45) is 0.535. The van der Waals surface area contributed by atoms with E-state index in [9.17, 15) is 4.79 Å². The van der Waals surface area contributed by atoms with Crippen LogP contribution in [0.15, 0.2) is 117 Å². The van der Waals surface area contributed by atoms with Gasteiger partial charge in [0, 0.05) is 32.4 Å². The highest BCUT2D eigenvalue weighted by Gasteiger charge is 2.42. The lowest BCUT2D eigenvalue weighted by Crippen LogP contribution is -2.41. The normalized spacial score (nSPS) is 16.6. The molecule has 0 amide bonds. The van der Waals surface area contributed by atoms with Crippen molar-refractivity contribution >= 4 is 49.2 Å². The second kappa shape index (κ2) is 13.5. The number of ether oxygens (including phenoxy) is 3. The van der Waals surface area contributed by atoms with E-state index in [1.165, 1.54) is 0 Å². The van der Waals surface area contributed by atoms with Crippen LogP contribution in [0.3, 0.4) is 0 Å². The number of hydrogen-bond donors (Lipinski definition) is 1. The van der Waals surface area contributed by atoms with Crippen LogP contribution in [-0.4, -0.2) is 26.8 Å². The molecule has 1 aliphatic heterocycles. The Bertz CT molecular complexity index is 1570. The fourth-order valence-electron chi connectivity index (χ4n) is 5.38. The van der Waals surface area contributed by atoms with Crippen LogP contribution in [0.5, 0.6) is 11.5 Å². The summed E-state index contributed by atoms with van der Waals surface area (Å²) in [4.78, 5) is 16.3. The Morgan fingerprint density at radius 2 is 1.40 bits per heavy atom. The summed E-state index contributed by atoms with van der Waals surface area (Å²) in [5.41, 5.74) is 5.24. The van der Waals surface area contributed by atoms with Gasteiger partial charge in [-0.2, -0.15) is 0 Å². The van der Waals surface area contributed by atoms with Gasteiger partial charge in [0.15, 0.2) is 0 Å². The van der Waals surface area contributed by atoms with Crippen molar-refractivity contribution < 1.29 is 19.0 Å². The summed E-state index contributed by atoms with van der Waals surface area (Å²) in [6, 6.07) is 31.5. The molecule has 1 heterocycles. The summed E-state index contributed by atoms with van der Waals surface area (Å²) in [5.74, 6) is 1.16. The third-order valence-corrected chi connectivity index (χ3v) is 8.25. The number of esters is 1. The van der Waals surface area contributed by atoms with Gasteiger partial charge < -0.3 is 24.4 Å². The molecule has 0 fully saturated rings. The highest BCUT2D eigenvalue weighted by molar-refractivity contribution is 9.10. The first-order valence-corrected chi connectivity index (χ1v) is 15.2. The van der Waals surface area contributed by atoms with Gasteiger partial charge in [-0.3, -0.25) is 0 Å². The van der Waals surface area contributed by atoms with Crippen molar-refractivity contribution in [1.29, 1.82) is 0 Å². The van der Waals surface area contributed by atoms with E-state index >= 15 is 0 Å². The molecule has 0 spiro atoms. The zero-order chi connectivity index (χ0) is 29.6. The van der Waals surface area contributed by atoms with Crippen molar-refractivity contribution in [3.63, 3.8) is 0 Å². The average molecular weight is 692 g/mol. The number of nitrogens with zero attached hydrogens (tertiary/aromatic N) is 1. The summed E-state index contributed by atoms with van der Waals surface area (Å²) in [6.45, 7) is 2.10. The van der Waals surface area contributed by atoms with Crippen LogP contribution < -0.4 is 19.7 Å². The van der Waals surface area contributed by atoms with Crippen LogP contribution in [0.2, 0.25) is 0 Å². The topological polar surface area (TPSA) is 60.0 Å². The third-order valence-electron chi connectivity index (χ3n) is 7.26. The fourth-order valence-corrected chi connectivity index (χ4v) is 6.21. The predicted molar refractivity (Wildman–Crippen MR) is 174 cm³/mol. The number of nitrogens with one attached hydrogen (secondary N) is 1. The van der Waals surface area contributed by atoms with E-state index in [1.54, 1.807) is 14.2 Å². The number of carbonyl (C=O) groups is 1. The number of rotatable bonds is 9. The van der Waals surface area contributed by atoms with E-state index in [4.69, 9.17) is 14.2 Å². The summed E-state index contributed by atoms with van der Waals surface area (Å²) >= 11 is 7.34. The second-order valence-electron chi connectivity index (χ2n) is 9.80. The lowest BCUT2D eigenvalue weighted by molar-refractivity contribution is -0.139. The molecule has 1 N–H and O–H groups in total. The van der Waals surface area contributed by atoms with Crippen LogP contribution in [0.4, 0.5) is 11.4 Å². The predicted octanol–water partition coefficient (Wildman–Crippen LogP) is 8.85. The molecular weight excluding hydrogens is 660 g/mol. The van der Waals surface area contributed by atoms with Crippen molar-refractivity contribution in [2.45, 2.75) is 25.4 Å². The largest absolute Gasteiger partial charge is 0.497 e. The van der Waals surface area contributed by atoms with Crippen LogP contribution in [0.1, 0.15) is 36.6 Å². The highest BCUT2D eigenvalue weighted by Crippen LogP contribution is 2.49. The van der Waals surface area contributed by atoms with Gasteiger partial charge in [-0.05, 0) is 90.8 Å². The molecule has 0 aliphatic carbocycles. The molecule has 2 atom stereocenters. The van der Waals surface area contributed by atoms with Crippen molar-refractivity contribution in [2.24, 2.45) is 0 Å². The van der Waals surface area contributed by atoms with E-state index in [-0.39, 0.29) is 18.6 Å². The Balaban J connectivity index is 1.77. The molecule has 0 aromatic heterocycles. The molecular formula is C34H32Br2N2O4. The first-order chi connectivity index (χ1) is 20.4. The van der Waals surface area contributed by atoms with Crippen molar-refractivity contribution in [3.8, 4) is 11.5 Å². The molecule has 42 heavy (non-hydrogen) atoms. The minimum Gasteiger partial charge on any atom is -0.497 e. The van der Waals surface area contributed by atoms with Gasteiger partial charge in [0.2, 0.25) is 0 Å². The third kappa shape index (κ3) is 6.50. The van der Waals surface area contributed by atoms with Crippen molar-refractivity contribution in [1.82, 2.24) is 0 Å². The Morgan fingerprint density at radius 3 is 1.98 bits per heavy atom. The van der Waals surface area contributed by atoms with E-state index in [0.29, 0.717) is 12.0 Å². The molecule has 0 bridgehead atoms. The lowest BCUT2D eigenvalue weighted by Gasteiger charge is -2.46. The first-order valence-electron chi connectivity index (χ1n) is 13.7. The Morgan fingerprint density at radius 1 is 0.833 bits per heavy atom. The zero-order valence-corrected chi connectivity index (χ0v) is 26.8. The minimum absolute atomic E-state index is 0.126. The van der Waals surface area contributed by atoms with Gasteiger partial charge in [0.25, 0.3) is 0 Å². The Labute approximate surface area is 263 Å². The van der Waals surface area contributed by atoms with E-state index in [2.05, 4.69) is 66.3 Å². The maximum Gasteiger partial charge on any atom is 0.338 e. The molecule has 0 saturated heterocycles. The monoisotopic (exact) mass is 690 g/mol. The molecule has 1 aliphatic rings. The van der Waals surface area contributed by atoms with E-state index < -0.39 is 6.04 Å². The van der Waals surface area contributed by atoms with Gasteiger partial charge in [0.05, 0.1) is 38.5 Å². The van der Waals surface area contributed by atoms with Gasteiger partial charge in [-0.1, -0.05) is 56.1 Å². The lowest BCUT2D eigenvalue weighted by atomic mass is 9.84. The van der Waals surface area contributed by atoms with E-state index in [0.717, 1.165) is 48.6 Å². The maximum atomic E-state index is 13.9. The smallest absolute Gasteiger partial charge is 0.338 e. The van der Waals surface area contributed by atoms with Crippen molar-refractivity contribution in [2.75, 3.05) is 31.0 Å². The number of anilines is 2. The molecule has 0 radical (unpaired) electrons. The highest BCUT2D eigenvalue weighted by atomic mass is 79.9. The SMILES string of the molecule is CCOC(=O)C1=C(Nc2ccc(OC)cc2)CC(c2cccc(Br)c2)N(c2ccc(OC)cc2)C1c1cccc(Br)c1. The summed E-state index contributed by atoms with van der Waals surface area (Å²) < 4.78 is 18.5. The zero-order valence-electron chi connectivity index (χ0n) is 23.6. The Hall–Kier alpha value is -3.75. The summed E-state index contributed by atoms with van der Waals surface area (Å²) in [5, 5.41) is 3.59. The standard InChI is InChI=1S/C34H32Br2N2O4/c1-4-42-34(39)32-30(37-26-11-15-28(40-2)16-12-26)21-31(22-7-5-9-24(35)19-22)38(27-13-17-29(41-3)18-14-27)33(32)23-8-6-10-25(36)20-23/h5-20,31,33,37H,4,21H2,1-3H3. The molecule has 216 valence electrons. The molecule has 6 nitrogen and oxygen atoms in total. The van der Waals surface area contributed by atoms with Crippen LogP contribution >= 0.6 is 31.9 Å². The van der Waals surface area contributed by atoms with Gasteiger partial charge >= 0.3 is 5.97 Å². The molecule has 4 aromatic rings. The number of halogens is 2. The Kier molecular flexibility index (Phi) is 9.55. The average Bonchev–Trinajstić information content (AvgIpc) is 3.01. The van der Waals surface area contributed by atoms with E-state index in [1.807, 2.05) is 79.7 Å². The number of hydrogen-bond acceptors (Lipinski definition) is 6. The van der Waals surface area contributed by atoms with Crippen molar-refractivity contribution in [3.05, 3.63) is 128 Å². The number of carbonyl (C=O) groups excluding carboxylic acids is 1. The molecule has 4 aromatic carbocycles. The second-order valence-corrected chi connectivity index (χ2v) is 11.6. The first kappa shape index (κ1) is 29.7. The van der Waals surface area contributed by atoms with Gasteiger partial charge in [0.1, 0.15) is 11.5 Å². The molecule has 2 unspecified atom stereocenters. The summed E-state index contributed by atoms with van der Waals surface area (Å²) in [7, 11) is 3.30. The fraction of sp³-hybridized carbons (Fsp3) is 0.206. The van der Waals surface area contributed by atoms with Crippen LogP contribution in [-0.2, 0) is 9.53 Å². The van der Waals surface area contributed by atoms with Gasteiger partial charge in [-0.25, -0.2) is 4.79 Å². The number of benzene rings is 4. The van der Waals surface area contributed by atoms with Crippen LogP contribution in [0, 0.1) is 0 Å². The van der Waals surface area contributed by atoms with Gasteiger partial charge in [-0.15, -0.1) is 0 Å². The maximum absolute atomic E-state index is 13.9. The number of methoxy groups -OCH3 is 2. The molecule has 0 saturated carbocycles. The molecule has 8 heteroatoms. The minimum atomic E-state index is -0.464. The molecule has 5 rings (SSSR count). The van der Waals surface area contributed by atoms with Crippen LogP contribution in [0.25, 0.3) is 0 Å².